The van der Waals surface area contributed by atoms with Gasteiger partial charge in [0.15, 0.2) is 11.5 Å². The van der Waals surface area contributed by atoms with E-state index in [1.165, 1.54) is 29.1 Å². The molecule has 268 valence electrons. The van der Waals surface area contributed by atoms with Crippen LogP contribution in [0, 0.1) is 24.4 Å². The number of ether oxygens (including phenoxy) is 1. The molecule has 6 heterocycles. The Balaban J connectivity index is 1.26. The van der Waals surface area contributed by atoms with Crippen molar-refractivity contribution < 1.29 is 22.7 Å². The third-order valence-electron chi connectivity index (χ3n) is 9.74. The molecule has 2 aliphatic rings. The van der Waals surface area contributed by atoms with Gasteiger partial charge < -0.3 is 29.3 Å². The predicted molar refractivity (Wildman–Crippen MR) is 190 cm³/mol. The first-order valence-corrected chi connectivity index (χ1v) is 16.8. The van der Waals surface area contributed by atoms with Gasteiger partial charge in [0.05, 0.1) is 41.0 Å². The maximum Gasteiger partial charge on any atom is 0.245 e. The van der Waals surface area contributed by atoms with Gasteiger partial charge in [-0.1, -0.05) is 6.07 Å². The summed E-state index contributed by atoms with van der Waals surface area (Å²) in [6.07, 6.45) is 1.48. The van der Waals surface area contributed by atoms with Crippen LogP contribution in [0.2, 0.25) is 0 Å². The Morgan fingerprint density at radius 1 is 0.962 bits per heavy atom. The van der Waals surface area contributed by atoms with E-state index in [-0.39, 0.29) is 24.2 Å². The first kappa shape index (κ1) is 33.4. The van der Waals surface area contributed by atoms with Crippen molar-refractivity contribution in [1.82, 2.24) is 39.2 Å². The average Bonchev–Trinajstić information content (AvgIpc) is 3.81. The number of pyridine rings is 1. The summed E-state index contributed by atoms with van der Waals surface area (Å²) in [4.78, 5) is 39.0. The lowest BCUT2D eigenvalue weighted by atomic mass is 10.1. The van der Waals surface area contributed by atoms with Gasteiger partial charge in [-0.25, -0.2) is 27.8 Å². The number of imidazole rings is 1. The zero-order valence-electron chi connectivity index (χ0n) is 29.2. The molecule has 0 radical (unpaired) electrons. The highest BCUT2D eigenvalue weighted by molar-refractivity contribution is 5.94. The van der Waals surface area contributed by atoms with Crippen molar-refractivity contribution in [3.8, 4) is 16.9 Å². The highest BCUT2D eigenvalue weighted by Crippen LogP contribution is 2.36. The fraction of sp³-hybridized carbons (Fsp3) is 0.333. The van der Waals surface area contributed by atoms with Crippen molar-refractivity contribution in [1.29, 1.82) is 0 Å². The fourth-order valence-corrected chi connectivity index (χ4v) is 7.24. The van der Waals surface area contributed by atoms with Crippen LogP contribution >= 0.6 is 0 Å². The van der Waals surface area contributed by atoms with Crippen LogP contribution in [-0.4, -0.2) is 105 Å². The third kappa shape index (κ3) is 5.72. The summed E-state index contributed by atoms with van der Waals surface area (Å²) in [5.74, 6) is -0.127. The van der Waals surface area contributed by atoms with E-state index in [2.05, 4.69) is 20.4 Å². The molecule has 0 spiro atoms. The Hall–Kier alpha value is -5.77. The minimum atomic E-state index is -0.802. The molecule has 0 unspecified atom stereocenters. The molecule has 6 aromatic rings. The van der Waals surface area contributed by atoms with E-state index in [1.807, 2.05) is 34.6 Å². The number of nitrogens with one attached hydrogen (secondary N) is 1. The Kier molecular flexibility index (Phi) is 8.20. The van der Waals surface area contributed by atoms with E-state index in [4.69, 9.17) is 14.7 Å². The lowest BCUT2D eigenvalue weighted by Gasteiger charge is -2.31. The quantitative estimate of drug-likeness (QED) is 0.279. The van der Waals surface area contributed by atoms with Gasteiger partial charge in [-0.2, -0.15) is 15.1 Å². The van der Waals surface area contributed by atoms with Gasteiger partial charge >= 0.3 is 0 Å². The maximum atomic E-state index is 15.0. The zero-order chi connectivity index (χ0) is 36.4. The number of halogens is 3. The monoisotopic (exact) mass is 711 g/mol. The SMILES string of the molecule is CO[C@H]1CN(C)C(=O)[C@@H]2C[C@@H](CN2c2nc(N(C)C)nc3c2cnn3-c2ccc(F)cc2F)Nc2cccc(n2)-c2cc(F)cc3nc(C)n(c23)C1. The number of benzene rings is 2. The summed E-state index contributed by atoms with van der Waals surface area (Å²) < 4.78 is 53.1. The Bertz CT molecular complexity index is 2360. The Morgan fingerprint density at radius 3 is 2.56 bits per heavy atom. The van der Waals surface area contributed by atoms with Crippen molar-refractivity contribution in [3.63, 3.8) is 0 Å². The van der Waals surface area contributed by atoms with Crippen molar-refractivity contribution in [2.75, 3.05) is 56.5 Å². The van der Waals surface area contributed by atoms with Gasteiger partial charge in [-0.3, -0.25) is 4.79 Å². The number of anilines is 3. The first-order chi connectivity index (χ1) is 25.0. The zero-order valence-corrected chi connectivity index (χ0v) is 29.2. The van der Waals surface area contributed by atoms with Crippen molar-refractivity contribution in [2.45, 2.75) is 38.1 Å². The number of hydrogen-bond donors (Lipinski definition) is 1. The number of carbonyl (C=O) groups excluding carboxylic acids is 1. The molecular formula is C36H36F3N11O2. The Morgan fingerprint density at radius 2 is 1.79 bits per heavy atom. The molecule has 1 fully saturated rings. The highest BCUT2D eigenvalue weighted by atomic mass is 19.1. The van der Waals surface area contributed by atoms with E-state index < -0.39 is 29.6 Å². The lowest BCUT2D eigenvalue weighted by Crippen LogP contribution is -2.47. The number of methoxy groups -OCH3 is 1. The second kappa shape index (κ2) is 12.8. The topological polar surface area (TPSA) is 122 Å². The number of amides is 1. The lowest BCUT2D eigenvalue weighted by molar-refractivity contribution is -0.132. The predicted octanol–water partition coefficient (Wildman–Crippen LogP) is 4.57. The average molecular weight is 712 g/mol. The van der Waals surface area contributed by atoms with Crippen LogP contribution in [0.1, 0.15) is 12.2 Å². The third-order valence-corrected chi connectivity index (χ3v) is 9.74. The van der Waals surface area contributed by atoms with E-state index in [9.17, 15) is 9.18 Å². The number of hydrogen-bond acceptors (Lipinski definition) is 10. The summed E-state index contributed by atoms with van der Waals surface area (Å²) in [7, 11) is 6.90. The van der Waals surface area contributed by atoms with Crippen LogP contribution in [0.25, 0.3) is 39.0 Å². The van der Waals surface area contributed by atoms with Crippen LogP contribution in [0.15, 0.2) is 54.7 Å². The van der Waals surface area contributed by atoms with Gasteiger partial charge in [0.2, 0.25) is 11.9 Å². The molecule has 1 saturated heterocycles. The molecule has 13 nitrogen and oxygen atoms in total. The summed E-state index contributed by atoms with van der Waals surface area (Å²) in [5, 5.41) is 8.45. The summed E-state index contributed by atoms with van der Waals surface area (Å²) in [6.45, 7) is 2.80. The largest absolute Gasteiger partial charge is 0.378 e. The van der Waals surface area contributed by atoms with E-state index >= 15 is 8.78 Å². The standard InChI is InChI=1S/C36H36F3N11O2/c1-19-41-28-13-21(38)11-24-27-7-6-8-31(43-27)42-22-14-30(35(51)47(4)17-23(52-5)18-48(19)32(24)28)49(16-22)33-25-15-40-50(29-10-9-20(37)12-26(29)39)34(25)45-36(44-33)46(2)3/h6-13,15,22-23,30H,14,16-18H2,1-5H3,(H,42,43)/t22-,23-,30-/m0/s1. The minimum Gasteiger partial charge on any atom is -0.378 e. The molecule has 52 heavy (non-hydrogen) atoms. The van der Waals surface area contributed by atoms with Crippen LogP contribution < -0.4 is 15.1 Å². The van der Waals surface area contributed by atoms with Gasteiger partial charge in [0.25, 0.3) is 0 Å². The summed E-state index contributed by atoms with van der Waals surface area (Å²) >= 11 is 0. The van der Waals surface area contributed by atoms with Crippen molar-refractivity contribution in [3.05, 3.63) is 78.0 Å². The smallest absolute Gasteiger partial charge is 0.245 e. The van der Waals surface area contributed by atoms with Gasteiger partial charge in [-0.05, 0) is 43.7 Å². The highest BCUT2D eigenvalue weighted by Gasteiger charge is 2.41. The molecule has 2 aliphatic heterocycles. The van der Waals surface area contributed by atoms with Crippen molar-refractivity contribution >= 4 is 45.6 Å². The summed E-state index contributed by atoms with van der Waals surface area (Å²) in [5.41, 5.74) is 2.70. The van der Waals surface area contributed by atoms with Gasteiger partial charge in [-0.15, -0.1) is 0 Å². The molecule has 0 saturated carbocycles. The Labute approximate surface area is 296 Å². The second-order valence-electron chi connectivity index (χ2n) is 13.5. The van der Waals surface area contributed by atoms with E-state index in [1.54, 1.807) is 38.1 Å². The maximum absolute atomic E-state index is 15.0. The molecular weight excluding hydrogens is 675 g/mol. The molecule has 16 heteroatoms. The minimum absolute atomic E-state index is 0.0175. The van der Waals surface area contributed by atoms with Crippen LogP contribution in [-0.2, 0) is 16.1 Å². The normalized spacial score (nSPS) is 19.2. The van der Waals surface area contributed by atoms with Crippen LogP contribution in [0.5, 0.6) is 0 Å². The molecule has 4 bridgehead atoms. The molecule has 1 N–H and O–H groups in total. The number of nitrogens with zero attached hydrogens (tertiary/aromatic N) is 10. The number of fused-ring (bicyclic) bond motifs is 6. The van der Waals surface area contributed by atoms with E-state index in [0.717, 1.165) is 17.6 Å². The number of aromatic nitrogens is 7. The number of carbonyl (C=O) groups is 1. The molecule has 2 aromatic carbocycles. The summed E-state index contributed by atoms with van der Waals surface area (Å²) in [6, 6.07) is 10.7. The van der Waals surface area contributed by atoms with Gasteiger partial charge in [0, 0.05) is 65.1 Å². The number of likely N-dealkylation sites (N-methyl/N-ethyl adjacent to an activating group) is 1. The van der Waals surface area contributed by atoms with E-state index in [0.29, 0.717) is 70.7 Å². The fourth-order valence-electron chi connectivity index (χ4n) is 7.24. The van der Waals surface area contributed by atoms with Crippen molar-refractivity contribution in [2.24, 2.45) is 0 Å². The molecule has 8 rings (SSSR count). The molecule has 3 atom stereocenters. The molecule has 0 aliphatic carbocycles. The second-order valence-corrected chi connectivity index (χ2v) is 13.5. The molecule has 4 aromatic heterocycles. The van der Waals surface area contributed by atoms with Crippen LogP contribution in [0.4, 0.5) is 30.8 Å². The number of aryl methyl sites for hydroxylation is 1. The first-order valence-electron chi connectivity index (χ1n) is 16.8. The molecule has 1 amide bonds. The number of rotatable bonds is 4. The van der Waals surface area contributed by atoms with Gasteiger partial charge in [0.1, 0.15) is 40.8 Å². The van der Waals surface area contributed by atoms with Crippen LogP contribution in [0.3, 0.4) is 0 Å².